The van der Waals surface area contributed by atoms with Crippen LogP contribution in [0.25, 0.3) is 28.4 Å². The Morgan fingerprint density at radius 3 is 2.50 bits per heavy atom. The monoisotopic (exact) mass is 312 g/mol. The van der Waals surface area contributed by atoms with Gasteiger partial charge in [-0.2, -0.15) is 0 Å². The van der Waals surface area contributed by atoms with Gasteiger partial charge in [0, 0.05) is 17.5 Å². The number of fused-ring (bicyclic) bond motifs is 1. The highest BCUT2D eigenvalue weighted by atomic mass is 16.3. The molecule has 0 fully saturated rings. The second kappa shape index (κ2) is 6.17. The molecule has 2 nitrogen and oxygen atoms in total. The summed E-state index contributed by atoms with van der Waals surface area (Å²) in [6.07, 6.45) is 12.5. The maximum atomic E-state index is 12.5. The molecule has 1 aliphatic carbocycles. The SMILES string of the molecule is O=c1cc(-c2ccccc2)oc2ccc(/C=C/C3C=CC=C3)cc12. The third kappa shape index (κ3) is 2.86. The van der Waals surface area contributed by atoms with Crippen molar-refractivity contribution in [3.8, 4) is 11.3 Å². The Kier molecular flexibility index (Phi) is 3.72. The fourth-order valence-electron chi connectivity index (χ4n) is 2.82. The molecular weight excluding hydrogens is 296 g/mol. The van der Waals surface area contributed by atoms with E-state index >= 15 is 0 Å². The third-order valence-electron chi connectivity index (χ3n) is 4.10. The molecule has 0 radical (unpaired) electrons. The van der Waals surface area contributed by atoms with Crippen LogP contribution in [0.1, 0.15) is 5.56 Å². The lowest BCUT2D eigenvalue weighted by molar-refractivity contribution is 0.619. The number of benzene rings is 2. The molecule has 2 heteroatoms. The fraction of sp³-hybridized carbons (Fsp3) is 0.0455. The number of hydrogen-bond donors (Lipinski definition) is 0. The smallest absolute Gasteiger partial charge is 0.193 e. The van der Waals surface area contributed by atoms with Crippen LogP contribution in [0.4, 0.5) is 0 Å². The minimum Gasteiger partial charge on any atom is -0.456 e. The van der Waals surface area contributed by atoms with E-state index in [1.54, 1.807) is 6.07 Å². The number of hydrogen-bond acceptors (Lipinski definition) is 2. The Bertz CT molecular complexity index is 1010. The molecule has 1 heterocycles. The van der Waals surface area contributed by atoms with Gasteiger partial charge in [-0.05, 0) is 17.7 Å². The number of rotatable bonds is 3. The van der Waals surface area contributed by atoms with Crippen LogP contribution in [0, 0.1) is 5.92 Å². The number of allylic oxidation sites excluding steroid dienone is 5. The van der Waals surface area contributed by atoms with Gasteiger partial charge in [0.1, 0.15) is 11.3 Å². The third-order valence-corrected chi connectivity index (χ3v) is 4.10. The molecule has 0 saturated heterocycles. The summed E-state index contributed by atoms with van der Waals surface area (Å²) in [5.41, 5.74) is 2.49. The Balaban J connectivity index is 1.73. The van der Waals surface area contributed by atoms with Crippen molar-refractivity contribution < 1.29 is 4.42 Å². The molecule has 3 aromatic rings. The second-order valence-electron chi connectivity index (χ2n) is 5.80. The van der Waals surface area contributed by atoms with E-state index in [-0.39, 0.29) is 5.43 Å². The molecule has 1 aromatic heterocycles. The standard InChI is InChI=1S/C22H16O2/c23-20-15-22(18-8-2-1-3-9-18)24-21-13-12-17(14-19(20)21)11-10-16-6-4-5-7-16/h1-16H/b11-10+. The second-order valence-corrected chi connectivity index (χ2v) is 5.80. The zero-order chi connectivity index (χ0) is 16.4. The maximum absolute atomic E-state index is 12.5. The fourth-order valence-corrected chi connectivity index (χ4v) is 2.82. The van der Waals surface area contributed by atoms with Gasteiger partial charge in [0.25, 0.3) is 0 Å². The van der Waals surface area contributed by atoms with Crippen LogP contribution in [-0.2, 0) is 0 Å². The minimum absolute atomic E-state index is 0.0222. The van der Waals surface area contributed by atoms with Crippen molar-refractivity contribution in [2.75, 3.05) is 0 Å². The zero-order valence-corrected chi connectivity index (χ0v) is 13.1. The average molecular weight is 312 g/mol. The molecule has 2 aromatic carbocycles. The van der Waals surface area contributed by atoms with Crippen molar-refractivity contribution in [1.82, 2.24) is 0 Å². The molecule has 4 rings (SSSR count). The first-order chi connectivity index (χ1) is 11.8. The molecule has 0 aliphatic heterocycles. The lowest BCUT2D eigenvalue weighted by atomic mass is 10.1. The summed E-state index contributed by atoms with van der Waals surface area (Å²) in [5.74, 6) is 0.926. The van der Waals surface area contributed by atoms with E-state index in [1.807, 2.05) is 66.8 Å². The molecule has 0 atom stereocenters. The maximum Gasteiger partial charge on any atom is 0.193 e. The Hall–Kier alpha value is -3.13. The average Bonchev–Trinajstić information content (AvgIpc) is 3.14. The van der Waals surface area contributed by atoms with Gasteiger partial charge in [-0.25, -0.2) is 0 Å². The Morgan fingerprint density at radius 2 is 1.71 bits per heavy atom. The van der Waals surface area contributed by atoms with Gasteiger partial charge in [-0.3, -0.25) is 4.79 Å². The topological polar surface area (TPSA) is 30.2 Å². The lowest BCUT2D eigenvalue weighted by Gasteiger charge is -2.04. The van der Waals surface area contributed by atoms with Crippen molar-refractivity contribution in [3.05, 3.63) is 101 Å². The van der Waals surface area contributed by atoms with Gasteiger partial charge in [0.15, 0.2) is 5.43 Å². The van der Waals surface area contributed by atoms with Crippen LogP contribution in [0.3, 0.4) is 0 Å². The zero-order valence-electron chi connectivity index (χ0n) is 13.1. The summed E-state index contributed by atoms with van der Waals surface area (Å²) in [6, 6.07) is 17.0. The highest BCUT2D eigenvalue weighted by molar-refractivity contribution is 5.81. The first-order valence-corrected chi connectivity index (χ1v) is 7.96. The van der Waals surface area contributed by atoms with Crippen LogP contribution < -0.4 is 5.43 Å². The minimum atomic E-state index is -0.0222. The first kappa shape index (κ1) is 14.5. The van der Waals surface area contributed by atoms with Crippen molar-refractivity contribution in [3.63, 3.8) is 0 Å². The van der Waals surface area contributed by atoms with Gasteiger partial charge < -0.3 is 4.42 Å². The van der Waals surface area contributed by atoms with E-state index in [9.17, 15) is 4.79 Å². The Labute approximate surface area is 140 Å². The van der Waals surface area contributed by atoms with Gasteiger partial charge in [-0.1, -0.05) is 72.9 Å². The van der Waals surface area contributed by atoms with Gasteiger partial charge in [0.05, 0.1) is 5.39 Å². The van der Waals surface area contributed by atoms with E-state index in [4.69, 9.17) is 4.42 Å². The van der Waals surface area contributed by atoms with E-state index in [1.165, 1.54) is 0 Å². The van der Waals surface area contributed by atoms with Crippen LogP contribution >= 0.6 is 0 Å². The first-order valence-electron chi connectivity index (χ1n) is 7.96. The molecular formula is C22H16O2. The van der Waals surface area contributed by atoms with Crippen molar-refractivity contribution >= 4 is 17.0 Å². The summed E-state index contributed by atoms with van der Waals surface area (Å²) in [5, 5.41) is 0.606. The molecule has 0 unspecified atom stereocenters. The summed E-state index contributed by atoms with van der Waals surface area (Å²) in [6.45, 7) is 0. The molecule has 0 spiro atoms. The van der Waals surface area contributed by atoms with Crippen molar-refractivity contribution in [1.29, 1.82) is 0 Å². The highest BCUT2D eigenvalue weighted by Gasteiger charge is 2.07. The van der Waals surface area contributed by atoms with Gasteiger partial charge in [-0.15, -0.1) is 0 Å². The predicted octanol–water partition coefficient (Wildman–Crippen LogP) is 5.22. The van der Waals surface area contributed by atoms with Crippen molar-refractivity contribution in [2.45, 2.75) is 0 Å². The lowest BCUT2D eigenvalue weighted by Crippen LogP contribution is -2.00. The molecule has 1 aliphatic rings. The highest BCUT2D eigenvalue weighted by Crippen LogP contribution is 2.23. The van der Waals surface area contributed by atoms with Crippen LogP contribution in [0.2, 0.25) is 0 Å². The van der Waals surface area contributed by atoms with E-state index in [0.29, 0.717) is 22.6 Å². The molecule has 0 amide bonds. The molecule has 0 bridgehead atoms. The van der Waals surface area contributed by atoms with Gasteiger partial charge >= 0.3 is 0 Å². The Morgan fingerprint density at radius 1 is 0.917 bits per heavy atom. The summed E-state index contributed by atoms with van der Waals surface area (Å²) in [7, 11) is 0. The summed E-state index contributed by atoms with van der Waals surface area (Å²) < 4.78 is 5.92. The largest absolute Gasteiger partial charge is 0.456 e. The van der Waals surface area contributed by atoms with Crippen LogP contribution in [0.5, 0.6) is 0 Å². The van der Waals surface area contributed by atoms with Crippen molar-refractivity contribution in [2.24, 2.45) is 5.92 Å². The molecule has 116 valence electrons. The summed E-state index contributed by atoms with van der Waals surface area (Å²) in [4.78, 5) is 12.5. The van der Waals surface area contributed by atoms with Gasteiger partial charge in [0.2, 0.25) is 0 Å². The van der Waals surface area contributed by atoms with E-state index in [2.05, 4.69) is 18.2 Å². The van der Waals surface area contributed by atoms with E-state index in [0.717, 1.165) is 11.1 Å². The van der Waals surface area contributed by atoms with Crippen LogP contribution in [-0.4, -0.2) is 0 Å². The van der Waals surface area contributed by atoms with Crippen LogP contribution in [0.15, 0.2) is 94.2 Å². The summed E-state index contributed by atoms with van der Waals surface area (Å²) >= 11 is 0. The molecule has 24 heavy (non-hydrogen) atoms. The molecule has 0 N–H and O–H groups in total. The van der Waals surface area contributed by atoms with E-state index < -0.39 is 0 Å². The molecule has 0 saturated carbocycles. The quantitative estimate of drug-likeness (QED) is 0.664. The predicted molar refractivity (Wildman–Crippen MR) is 98.7 cm³/mol. The normalized spacial score (nSPS) is 14.2.